The molecule has 0 aliphatic carbocycles. The Balaban J connectivity index is 1.49. The Morgan fingerprint density at radius 1 is 0.938 bits per heavy atom. The Kier molecular flexibility index (Phi) is 6.25. The normalized spacial score (nSPS) is 14.0. The molecular weight excluding hydrogens is 404 g/mol. The maximum Gasteiger partial charge on any atom is 0.271 e. The van der Waals surface area contributed by atoms with Crippen molar-refractivity contribution in [2.45, 2.75) is 19.8 Å². The number of amides is 1. The lowest BCUT2D eigenvalue weighted by molar-refractivity contribution is 0.0743. The number of carbonyl (C=O) groups is 1. The molecule has 1 saturated heterocycles. The van der Waals surface area contributed by atoms with E-state index < -0.39 is 0 Å². The zero-order chi connectivity index (χ0) is 22.7. The Labute approximate surface area is 187 Å². The molecule has 0 saturated carbocycles. The van der Waals surface area contributed by atoms with Gasteiger partial charge < -0.3 is 14.5 Å². The van der Waals surface area contributed by atoms with Gasteiger partial charge in [-0.1, -0.05) is 38.1 Å². The van der Waals surface area contributed by atoms with Gasteiger partial charge in [-0.2, -0.15) is 4.68 Å². The molecule has 2 aromatic carbocycles. The van der Waals surface area contributed by atoms with Gasteiger partial charge in [-0.15, -0.1) is 5.10 Å². The number of carbonyl (C=O) groups excluding carboxylic acids is 1. The summed E-state index contributed by atoms with van der Waals surface area (Å²) in [6.45, 7) is 6.69. The van der Waals surface area contributed by atoms with Crippen molar-refractivity contribution in [1.29, 1.82) is 0 Å². The first kappa shape index (κ1) is 21.6. The lowest BCUT2D eigenvalue weighted by Crippen LogP contribution is -2.49. The molecule has 1 aliphatic rings. The maximum absolute atomic E-state index is 12.9. The van der Waals surface area contributed by atoms with Gasteiger partial charge in [-0.25, -0.2) is 0 Å². The summed E-state index contributed by atoms with van der Waals surface area (Å²) in [7, 11) is 1.57. The van der Waals surface area contributed by atoms with E-state index in [9.17, 15) is 9.59 Å². The number of hydrogen-bond donors (Lipinski definition) is 0. The maximum atomic E-state index is 12.9. The number of methoxy groups -OCH3 is 1. The molecule has 1 amide bonds. The fourth-order valence-corrected chi connectivity index (χ4v) is 3.89. The van der Waals surface area contributed by atoms with Crippen molar-refractivity contribution in [1.82, 2.24) is 14.7 Å². The highest BCUT2D eigenvalue weighted by molar-refractivity contribution is 5.97. The average Bonchev–Trinajstić information content (AvgIpc) is 2.84. The summed E-state index contributed by atoms with van der Waals surface area (Å²) in [4.78, 5) is 29.3. The van der Waals surface area contributed by atoms with Crippen LogP contribution in [0.4, 0.5) is 5.82 Å². The van der Waals surface area contributed by atoms with Crippen molar-refractivity contribution >= 4 is 11.7 Å². The minimum absolute atomic E-state index is 0.0368. The minimum Gasteiger partial charge on any atom is -0.496 e. The number of para-hydroxylation sites is 1. The van der Waals surface area contributed by atoms with Gasteiger partial charge in [0.1, 0.15) is 11.6 Å². The second kappa shape index (κ2) is 9.26. The summed E-state index contributed by atoms with van der Waals surface area (Å²) >= 11 is 0. The van der Waals surface area contributed by atoms with Gasteiger partial charge >= 0.3 is 0 Å². The van der Waals surface area contributed by atoms with Crippen LogP contribution < -0.4 is 15.2 Å². The standard InChI is InChI=1S/C25H28N4O3/c1-18(2)19-8-10-20(11-9-19)29-24(30)13-12-23(26-29)27-14-16-28(17-15-27)25(31)21-6-4-5-7-22(21)32-3/h4-13,18H,14-17H2,1-3H3. The predicted molar refractivity (Wildman–Crippen MR) is 125 cm³/mol. The predicted octanol–water partition coefficient (Wildman–Crippen LogP) is 3.33. The highest BCUT2D eigenvalue weighted by atomic mass is 16.5. The van der Waals surface area contributed by atoms with E-state index in [1.807, 2.05) is 41.3 Å². The molecule has 1 aromatic heterocycles. The molecule has 0 N–H and O–H groups in total. The number of rotatable bonds is 5. The third-order valence-electron chi connectivity index (χ3n) is 5.82. The van der Waals surface area contributed by atoms with Crippen molar-refractivity contribution in [3.05, 3.63) is 82.1 Å². The van der Waals surface area contributed by atoms with E-state index in [-0.39, 0.29) is 11.5 Å². The molecule has 1 fully saturated rings. The van der Waals surface area contributed by atoms with Crippen molar-refractivity contribution in [3.8, 4) is 11.4 Å². The fraction of sp³-hybridized carbons (Fsp3) is 0.320. The first-order chi connectivity index (χ1) is 15.5. The Morgan fingerprint density at radius 3 is 2.28 bits per heavy atom. The molecule has 3 aromatic rings. The van der Waals surface area contributed by atoms with Gasteiger partial charge in [-0.05, 0) is 41.8 Å². The summed E-state index contributed by atoms with van der Waals surface area (Å²) in [5.74, 6) is 1.69. The molecule has 1 aliphatic heterocycles. The molecule has 2 heterocycles. The number of ether oxygens (including phenoxy) is 1. The van der Waals surface area contributed by atoms with Gasteiger partial charge in [0.05, 0.1) is 18.4 Å². The summed E-state index contributed by atoms with van der Waals surface area (Å²) in [6.07, 6.45) is 0. The molecule has 7 heteroatoms. The van der Waals surface area contributed by atoms with Crippen LogP contribution in [0.1, 0.15) is 35.7 Å². The molecule has 32 heavy (non-hydrogen) atoms. The molecule has 4 rings (SSSR count). The van der Waals surface area contributed by atoms with Crippen molar-refractivity contribution in [3.63, 3.8) is 0 Å². The molecule has 166 valence electrons. The molecule has 0 atom stereocenters. The first-order valence-electron chi connectivity index (χ1n) is 10.9. The number of benzene rings is 2. The van der Waals surface area contributed by atoms with Crippen LogP contribution >= 0.6 is 0 Å². The van der Waals surface area contributed by atoms with E-state index in [0.29, 0.717) is 43.4 Å². The zero-order valence-electron chi connectivity index (χ0n) is 18.7. The Hall–Kier alpha value is -3.61. The summed E-state index contributed by atoms with van der Waals surface area (Å²) in [5, 5.41) is 4.60. The van der Waals surface area contributed by atoms with E-state index >= 15 is 0 Å². The van der Waals surface area contributed by atoms with Crippen LogP contribution in [0.25, 0.3) is 5.69 Å². The van der Waals surface area contributed by atoms with E-state index in [0.717, 1.165) is 11.5 Å². The van der Waals surface area contributed by atoms with Crippen molar-refractivity contribution in [2.24, 2.45) is 0 Å². The van der Waals surface area contributed by atoms with E-state index in [2.05, 4.69) is 23.8 Å². The van der Waals surface area contributed by atoms with Crippen LogP contribution in [0.3, 0.4) is 0 Å². The summed E-state index contributed by atoms with van der Waals surface area (Å²) in [5.41, 5.74) is 2.36. The lowest BCUT2D eigenvalue weighted by Gasteiger charge is -2.35. The molecule has 0 spiro atoms. The van der Waals surface area contributed by atoms with E-state index in [1.54, 1.807) is 31.4 Å². The Morgan fingerprint density at radius 2 is 1.62 bits per heavy atom. The van der Waals surface area contributed by atoms with E-state index in [4.69, 9.17) is 4.74 Å². The van der Waals surface area contributed by atoms with Crippen molar-refractivity contribution in [2.75, 3.05) is 38.2 Å². The largest absolute Gasteiger partial charge is 0.496 e. The quantitative estimate of drug-likeness (QED) is 0.619. The van der Waals surface area contributed by atoms with Gasteiger partial charge in [-0.3, -0.25) is 9.59 Å². The average molecular weight is 433 g/mol. The molecule has 0 radical (unpaired) electrons. The minimum atomic E-state index is -0.170. The van der Waals surface area contributed by atoms with Crippen LogP contribution in [-0.2, 0) is 0 Å². The van der Waals surface area contributed by atoms with E-state index in [1.165, 1.54) is 10.2 Å². The zero-order valence-corrected chi connectivity index (χ0v) is 18.7. The van der Waals surface area contributed by atoms with Crippen LogP contribution in [0.5, 0.6) is 5.75 Å². The van der Waals surface area contributed by atoms with Gasteiger partial charge in [0.15, 0.2) is 0 Å². The van der Waals surface area contributed by atoms with Crippen LogP contribution in [0, 0.1) is 0 Å². The lowest BCUT2D eigenvalue weighted by atomic mass is 10.0. The van der Waals surface area contributed by atoms with Crippen LogP contribution in [-0.4, -0.2) is 53.9 Å². The highest BCUT2D eigenvalue weighted by Gasteiger charge is 2.25. The third-order valence-corrected chi connectivity index (χ3v) is 5.82. The smallest absolute Gasteiger partial charge is 0.271 e. The SMILES string of the molecule is COc1ccccc1C(=O)N1CCN(c2ccc(=O)n(-c3ccc(C(C)C)cc3)n2)CC1. The molecule has 0 bridgehead atoms. The van der Waals surface area contributed by atoms with Crippen molar-refractivity contribution < 1.29 is 9.53 Å². The summed E-state index contributed by atoms with van der Waals surface area (Å²) < 4.78 is 6.77. The third kappa shape index (κ3) is 4.37. The summed E-state index contributed by atoms with van der Waals surface area (Å²) in [6, 6.07) is 18.5. The van der Waals surface area contributed by atoms with Crippen LogP contribution in [0.15, 0.2) is 65.5 Å². The molecular formula is C25H28N4O3. The first-order valence-corrected chi connectivity index (χ1v) is 10.9. The van der Waals surface area contributed by atoms with Gasteiger partial charge in [0, 0.05) is 32.2 Å². The second-order valence-corrected chi connectivity index (χ2v) is 8.17. The molecule has 0 unspecified atom stereocenters. The van der Waals surface area contributed by atoms with Gasteiger partial charge in [0.2, 0.25) is 0 Å². The Bertz CT molecular complexity index is 1150. The number of nitrogens with zero attached hydrogens (tertiary/aromatic N) is 4. The number of aromatic nitrogens is 2. The van der Waals surface area contributed by atoms with Gasteiger partial charge in [0.25, 0.3) is 11.5 Å². The number of anilines is 1. The highest BCUT2D eigenvalue weighted by Crippen LogP contribution is 2.21. The molecule has 7 nitrogen and oxygen atoms in total. The number of piperazine rings is 1. The topological polar surface area (TPSA) is 67.7 Å². The second-order valence-electron chi connectivity index (χ2n) is 8.17. The van der Waals surface area contributed by atoms with Crippen LogP contribution in [0.2, 0.25) is 0 Å². The fourth-order valence-electron chi connectivity index (χ4n) is 3.89. The number of hydrogen-bond acceptors (Lipinski definition) is 5. The monoisotopic (exact) mass is 432 g/mol.